The lowest BCUT2D eigenvalue weighted by Gasteiger charge is -2.22. The molecule has 4 aromatic rings. The molecule has 5 rings (SSSR count). The van der Waals surface area contributed by atoms with Crippen LogP contribution in [0, 0.1) is 0 Å². The van der Waals surface area contributed by atoms with E-state index in [2.05, 4.69) is 61.6 Å². The van der Waals surface area contributed by atoms with Crippen LogP contribution in [0.4, 0.5) is 22.7 Å². The van der Waals surface area contributed by atoms with Crippen molar-refractivity contribution in [3.63, 3.8) is 0 Å². The second-order valence-corrected chi connectivity index (χ2v) is 17.2. The SMILES string of the molecule is CC(C)(C)Nc1ccc(NS(=O)(=O)Cc2ccc3c(c2)-c2cc(CS(=O)(=O)Nc4ccc(NC(C)(C)C)cc4)ccc2C3)cc1. The molecule has 1 aliphatic rings. The fourth-order valence-electron chi connectivity index (χ4n) is 5.42. The van der Waals surface area contributed by atoms with Crippen LogP contribution in [-0.2, 0) is 38.0 Å². The summed E-state index contributed by atoms with van der Waals surface area (Å²) in [7, 11) is -7.33. The second kappa shape index (κ2) is 12.1. The highest BCUT2D eigenvalue weighted by molar-refractivity contribution is 7.92. The fourth-order valence-corrected chi connectivity index (χ4v) is 7.79. The van der Waals surface area contributed by atoms with Crippen LogP contribution < -0.4 is 20.1 Å². The van der Waals surface area contributed by atoms with Crippen molar-refractivity contribution in [2.45, 2.75) is 70.5 Å². The minimum absolute atomic E-state index is 0.101. The maximum Gasteiger partial charge on any atom is 0.236 e. The van der Waals surface area contributed by atoms with Crippen LogP contribution in [-0.4, -0.2) is 27.9 Å². The predicted molar refractivity (Wildman–Crippen MR) is 187 cm³/mol. The van der Waals surface area contributed by atoms with Gasteiger partial charge in [0.25, 0.3) is 0 Å². The Balaban J connectivity index is 1.27. The van der Waals surface area contributed by atoms with Gasteiger partial charge in [-0.3, -0.25) is 9.44 Å². The minimum Gasteiger partial charge on any atom is -0.380 e. The van der Waals surface area contributed by atoms with Crippen molar-refractivity contribution >= 4 is 42.8 Å². The first-order chi connectivity index (χ1) is 20.9. The average molecular weight is 647 g/mol. The van der Waals surface area contributed by atoms with Crippen LogP contribution in [0.5, 0.6) is 0 Å². The average Bonchev–Trinajstić information content (AvgIpc) is 3.26. The first-order valence-electron chi connectivity index (χ1n) is 14.9. The van der Waals surface area contributed by atoms with Gasteiger partial charge in [-0.25, -0.2) is 16.8 Å². The number of benzene rings is 4. The number of rotatable bonds is 10. The quantitative estimate of drug-likeness (QED) is 0.124. The maximum absolute atomic E-state index is 13.1. The molecule has 45 heavy (non-hydrogen) atoms. The summed E-state index contributed by atoms with van der Waals surface area (Å²) in [5.74, 6) is -0.362. The van der Waals surface area contributed by atoms with E-state index >= 15 is 0 Å². The molecular weight excluding hydrogens is 605 g/mol. The molecule has 0 spiro atoms. The van der Waals surface area contributed by atoms with E-state index in [1.807, 2.05) is 60.7 Å². The molecule has 0 aliphatic heterocycles. The summed E-state index contributed by atoms with van der Waals surface area (Å²) >= 11 is 0. The Bertz CT molecular complexity index is 1770. The molecule has 0 bridgehead atoms. The van der Waals surface area contributed by atoms with Gasteiger partial charge in [0.1, 0.15) is 0 Å². The summed E-state index contributed by atoms with van der Waals surface area (Å²) in [5, 5.41) is 6.72. The maximum atomic E-state index is 13.1. The number of fused-ring (bicyclic) bond motifs is 3. The third kappa shape index (κ3) is 9.02. The molecule has 0 heterocycles. The smallest absolute Gasteiger partial charge is 0.236 e. The van der Waals surface area contributed by atoms with E-state index in [4.69, 9.17) is 0 Å². The standard InChI is InChI=1S/C35H42N4O4S2/c1-34(2,3)36-28-11-15-30(16-12-28)38-44(40,41)22-24-7-9-26-21-27-10-8-25(20-33(27)32(26)19-24)23-45(42,43)39-31-17-13-29(14-18-31)37-35(4,5)6/h7-20,36-39H,21-23H2,1-6H3. The first kappa shape index (κ1) is 32.4. The van der Waals surface area contributed by atoms with Crippen molar-refractivity contribution in [3.8, 4) is 11.1 Å². The van der Waals surface area contributed by atoms with Gasteiger partial charge in [-0.05, 0) is 142 Å². The summed E-state index contributed by atoms with van der Waals surface area (Å²) in [6, 6.07) is 25.8. The van der Waals surface area contributed by atoms with Crippen molar-refractivity contribution in [3.05, 3.63) is 107 Å². The van der Waals surface area contributed by atoms with Crippen molar-refractivity contribution in [1.29, 1.82) is 0 Å². The minimum atomic E-state index is -3.67. The Morgan fingerprint density at radius 1 is 0.511 bits per heavy atom. The molecule has 0 radical (unpaired) electrons. The lowest BCUT2D eigenvalue weighted by molar-refractivity contribution is 0.598. The number of hydrogen-bond donors (Lipinski definition) is 4. The molecule has 0 unspecified atom stereocenters. The number of nitrogens with one attached hydrogen (secondary N) is 4. The fraction of sp³-hybridized carbons (Fsp3) is 0.314. The Kier molecular flexibility index (Phi) is 8.67. The normalized spacial score (nSPS) is 13.1. The van der Waals surface area contributed by atoms with Gasteiger partial charge < -0.3 is 10.6 Å². The molecule has 0 aromatic heterocycles. The van der Waals surface area contributed by atoms with Crippen molar-refractivity contribution in [2.24, 2.45) is 0 Å². The molecule has 238 valence electrons. The topological polar surface area (TPSA) is 116 Å². The van der Waals surface area contributed by atoms with E-state index in [0.717, 1.165) is 33.6 Å². The summed E-state index contributed by atoms with van der Waals surface area (Å²) in [4.78, 5) is 0. The zero-order chi connectivity index (χ0) is 32.6. The van der Waals surface area contributed by atoms with Gasteiger partial charge >= 0.3 is 0 Å². The van der Waals surface area contributed by atoms with E-state index in [1.54, 1.807) is 24.3 Å². The molecule has 0 saturated carbocycles. The number of hydrogen-bond acceptors (Lipinski definition) is 6. The predicted octanol–water partition coefficient (Wildman–Crippen LogP) is 7.56. The Labute approximate surface area is 267 Å². The second-order valence-electron chi connectivity index (χ2n) is 13.8. The van der Waals surface area contributed by atoms with Crippen molar-refractivity contribution in [1.82, 2.24) is 0 Å². The van der Waals surface area contributed by atoms with Crippen LogP contribution in [0.3, 0.4) is 0 Å². The van der Waals surface area contributed by atoms with Gasteiger partial charge in [0.2, 0.25) is 20.0 Å². The van der Waals surface area contributed by atoms with E-state index in [1.165, 1.54) is 0 Å². The zero-order valence-electron chi connectivity index (χ0n) is 26.7. The van der Waals surface area contributed by atoms with Crippen molar-refractivity contribution in [2.75, 3.05) is 20.1 Å². The highest BCUT2D eigenvalue weighted by Crippen LogP contribution is 2.38. The lowest BCUT2D eigenvalue weighted by atomic mass is 10.0. The summed E-state index contributed by atoms with van der Waals surface area (Å²) in [6.07, 6.45) is 0.713. The molecule has 10 heteroatoms. The van der Waals surface area contributed by atoms with Gasteiger partial charge in [0.15, 0.2) is 0 Å². The van der Waals surface area contributed by atoms with Gasteiger partial charge in [-0.1, -0.05) is 24.3 Å². The van der Waals surface area contributed by atoms with Crippen LogP contribution >= 0.6 is 0 Å². The first-order valence-corrected chi connectivity index (χ1v) is 18.2. The molecule has 4 aromatic carbocycles. The molecule has 8 nitrogen and oxygen atoms in total. The van der Waals surface area contributed by atoms with Crippen LogP contribution in [0.2, 0.25) is 0 Å². The van der Waals surface area contributed by atoms with E-state index < -0.39 is 20.0 Å². The van der Waals surface area contributed by atoms with Crippen LogP contribution in [0.25, 0.3) is 11.1 Å². The van der Waals surface area contributed by atoms with Gasteiger partial charge in [-0.15, -0.1) is 0 Å². The molecule has 1 aliphatic carbocycles. The Hall–Kier alpha value is -4.02. The third-order valence-electron chi connectivity index (χ3n) is 7.09. The molecule has 0 fully saturated rings. The molecule has 0 atom stereocenters. The monoisotopic (exact) mass is 646 g/mol. The number of sulfonamides is 2. The third-order valence-corrected chi connectivity index (χ3v) is 9.61. The van der Waals surface area contributed by atoms with Gasteiger partial charge in [0.05, 0.1) is 11.5 Å². The Morgan fingerprint density at radius 2 is 0.844 bits per heavy atom. The van der Waals surface area contributed by atoms with Gasteiger partial charge in [-0.2, -0.15) is 0 Å². The highest BCUT2D eigenvalue weighted by atomic mass is 32.2. The summed E-state index contributed by atoms with van der Waals surface area (Å²) in [6.45, 7) is 12.4. The van der Waals surface area contributed by atoms with Crippen LogP contribution in [0.1, 0.15) is 63.8 Å². The van der Waals surface area contributed by atoms with Gasteiger partial charge in [0, 0.05) is 33.8 Å². The molecule has 4 N–H and O–H groups in total. The van der Waals surface area contributed by atoms with E-state index in [0.29, 0.717) is 28.9 Å². The summed E-state index contributed by atoms with van der Waals surface area (Å²) < 4.78 is 57.6. The molecular formula is C35H42N4O4S2. The van der Waals surface area contributed by atoms with Crippen molar-refractivity contribution < 1.29 is 16.8 Å². The lowest BCUT2D eigenvalue weighted by Crippen LogP contribution is -2.25. The zero-order valence-corrected chi connectivity index (χ0v) is 28.3. The Morgan fingerprint density at radius 3 is 1.18 bits per heavy atom. The number of anilines is 4. The molecule has 0 saturated heterocycles. The van der Waals surface area contributed by atoms with E-state index in [9.17, 15) is 16.8 Å². The van der Waals surface area contributed by atoms with Crippen LogP contribution in [0.15, 0.2) is 84.9 Å². The molecule has 0 amide bonds. The summed E-state index contributed by atoms with van der Waals surface area (Å²) in [5.41, 5.74) is 7.97. The van der Waals surface area contributed by atoms with E-state index in [-0.39, 0.29) is 22.6 Å². The highest BCUT2D eigenvalue weighted by Gasteiger charge is 2.22. The largest absolute Gasteiger partial charge is 0.380 e.